The third kappa shape index (κ3) is 6.59. The molecular weight excluding hydrogens is 286 g/mol. The molecule has 0 N–H and O–H groups in total. The van der Waals surface area contributed by atoms with Crippen LogP contribution in [0.1, 0.15) is 37.7 Å². The van der Waals surface area contributed by atoms with Gasteiger partial charge in [-0.05, 0) is 44.7 Å². The van der Waals surface area contributed by atoms with Gasteiger partial charge in [0.05, 0.1) is 32.1 Å². The molecule has 1 aromatic carbocycles. The van der Waals surface area contributed by atoms with Gasteiger partial charge in [-0.2, -0.15) is 0 Å². The summed E-state index contributed by atoms with van der Waals surface area (Å²) < 4.78 is 32.3. The molecule has 0 unspecified atom stereocenters. The molecule has 0 atom stereocenters. The topological polar surface area (TPSA) is 57.2 Å². The molecule has 2 rings (SSSR count). The van der Waals surface area contributed by atoms with Gasteiger partial charge in [0.2, 0.25) is 0 Å². The fraction of sp³-hybridized carbons (Fsp3) is 0.625. The number of nitrogens with zero attached hydrogens (tertiary/aromatic N) is 1. The quantitative estimate of drug-likeness (QED) is 0.623. The molecule has 21 heavy (non-hydrogen) atoms. The number of aryl methyl sites for hydroxylation is 1. The number of benzene rings is 1. The Hall–Kier alpha value is -0.910. The van der Waals surface area contributed by atoms with E-state index < -0.39 is 10.1 Å². The van der Waals surface area contributed by atoms with E-state index in [1.165, 1.54) is 48.7 Å². The van der Waals surface area contributed by atoms with Crippen LogP contribution in [-0.4, -0.2) is 44.6 Å². The molecule has 1 fully saturated rings. The highest BCUT2D eigenvalue weighted by molar-refractivity contribution is 7.85. The molecule has 1 aliphatic carbocycles. The lowest BCUT2D eigenvalue weighted by molar-refractivity contribution is -0.897. The smallest absolute Gasteiger partial charge is 0.124 e. The van der Waals surface area contributed by atoms with Crippen LogP contribution >= 0.6 is 0 Å². The maximum atomic E-state index is 10.4. The maximum Gasteiger partial charge on any atom is 0.124 e. The average Bonchev–Trinajstić information content (AvgIpc) is 2.39. The van der Waals surface area contributed by atoms with Gasteiger partial charge in [-0.3, -0.25) is 0 Å². The normalized spacial score (nSPS) is 17.0. The van der Waals surface area contributed by atoms with Crippen LogP contribution in [0.5, 0.6) is 0 Å². The molecule has 1 saturated carbocycles. The molecule has 0 saturated heterocycles. The van der Waals surface area contributed by atoms with Crippen LogP contribution < -0.4 is 0 Å². The lowest BCUT2D eigenvalue weighted by Crippen LogP contribution is -2.45. The molecule has 1 aromatic rings. The van der Waals surface area contributed by atoms with Gasteiger partial charge in [0, 0.05) is 0 Å². The third-order valence-electron chi connectivity index (χ3n) is 3.98. The highest BCUT2D eigenvalue weighted by atomic mass is 32.2. The first-order chi connectivity index (χ1) is 9.60. The van der Waals surface area contributed by atoms with E-state index in [4.69, 9.17) is 0 Å². The Morgan fingerprint density at radius 2 is 1.48 bits per heavy atom. The predicted molar refractivity (Wildman–Crippen MR) is 84.0 cm³/mol. The van der Waals surface area contributed by atoms with E-state index in [2.05, 4.69) is 21.1 Å². The molecular formula is C16H27NO3S. The second-order valence-corrected chi connectivity index (χ2v) is 8.05. The van der Waals surface area contributed by atoms with Crippen LogP contribution in [-0.2, 0) is 10.1 Å². The lowest BCUT2D eigenvalue weighted by atomic mass is 9.94. The summed E-state index contributed by atoms with van der Waals surface area (Å²) in [5.74, 6) is 0. The molecule has 0 amide bonds. The minimum absolute atomic E-state index is 0.178. The van der Waals surface area contributed by atoms with Crippen molar-refractivity contribution in [2.24, 2.45) is 0 Å². The largest absolute Gasteiger partial charge is 0.744 e. The fourth-order valence-electron chi connectivity index (χ4n) is 2.56. The van der Waals surface area contributed by atoms with Crippen molar-refractivity contribution in [1.29, 1.82) is 0 Å². The van der Waals surface area contributed by atoms with Crippen molar-refractivity contribution in [1.82, 2.24) is 0 Å². The summed E-state index contributed by atoms with van der Waals surface area (Å²) in [5.41, 5.74) is 0.928. The molecule has 120 valence electrons. The van der Waals surface area contributed by atoms with Crippen molar-refractivity contribution in [2.45, 2.75) is 50.0 Å². The van der Waals surface area contributed by atoms with Gasteiger partial charge in [0.1, 0.15) is 10.1 Å². The summed E-state index contributed by atoms with van der Waals surface area (Å²) in [5, 5.41) is 0. The van der Waals surface area contributed by atoms with Gasteiger partial charge < -0.3 is 9.04 Å². The van der Waals surface area contributed by atoms with Gasteiger partial charge in [-0.15, -0.1) is 0 Å². The van der Waals surface area contributed by atoms with Crippen LogP contribution in [0.25, 0.3) is 0 Å². The van der Waals surface area contributed by atoms with Crippen LogP contribution in [0.15, 0.2) is 29.2 Å². The Morgan fingerprint density at radius 3 is 1.81 bits per heavy atom. The summed E-state index contributed by atoms with van der Waals surface area (Å²) in [7, 11) is 2.68. The highest BCUT2D eigenvalue weighted by Crippen LogP contribution is 2.23. The molecule has 0 aromatic heterocycles. The lowest BCUT2D eigenvalue weighted by Gasteiger charge is -2.36. The van der Waals surface area contributed by atoms with Gasteiger partial charge in [-0.25, -0.2) is 8.42 Å². The first kappa shape index (κ1) is 18.1. The van der Waals surface area contributed by atoms with E-state index in [1.54, 1.807) is 12.1 Å². The Balaban J connectivity index is 0.000000211. The first-order valence-electron chi connectivity index (χ1n) is 7.44. The molecule has 0 bridgehead atoms. The van der Waals surface area contributed by atoms with Crippen molar-refractivity contribution in [2.75, 3.05) is 21.1 Å². The molecule has 0 heterocycles. The standard InChI is InChI=1S/C9H20N.C7H8O3S/c1-10(2,3)9-7-5-4-6-8-9;1-6-2-4-7(5-3-6)11(8,9)10/h9H,4-8H2,1-3H3;2-5H,1H3,(H,8,9,10)/q+1;/p-1. The van der Waals surface area contributed by atoms with E-state index in [-0.39, 0.29) is 4.90 Å². The molecule has 5 heteroatoms. The van der Waals surface area contributed by atoms with E-state index in [1.807, 2.05) is 6.92 Å². The number of hydrogen-bond acceptors (Lipinski definition) is 3. The highest BCUT2D eigenvalue weighted by Gasteiger charge is 2.24. The Labute approximate surface area is 129 Å². The zero-order valence-corrected chi connectivity index (χ0v) is 14.3. The SMILES string of the molecule is C[N+](C)(C)C1CCCCC1.Cc1ccc(S(=O)(=O)[O-])cc1. The summed E-state index contributed by atoms with van der Waals surface area (Å²) >= 11 is 0. The Morgan fingerprint density at radius 1 is 1.00 bits per heavy atom. The Bertz CT molecular complexity index is 524. The maximum absolute atomic E-state index is 10.4. The van der Waals surface area contributed by atoms with Gasteiger partial charge in [0.15, 0.2) is 0 Å². The van der Waals surface area contributed by atoms with Crippen LogP contribution in [0, 0.1) is 6.92 Å². The van der Waals surface area contributed by atoms with Gasteiger partial charge in [0.25, 0.3) is 0 Å². The number of hydrogen-bond donors (Lipinski definition) is 0. The molecule has 4 nitrogen and oxygen atoms in total. The average molecular weight is 313 g/mol. The second-order valence-electron chi connectivity index (χ2n) is 6.68. The van der Waals surface area contributed by atoms with E-state index in [0.717, 1.165) is 11.6 Å². The first-order valence-corrected chi connectivity index (χ1v) is 8.85. The zero-order chi connectivity index (χ0) is 16.1. The van der Waals surface area contributed by atoms with E-state index in [9.17, 15) is 13.0 Å². The molecule has 0 aliphatic heterocycles. The summed E-state index contributed by atoms with van der Waals surface area (Å²) in [6.07, 6.45) is 7.28. The third-order valence-corrected chi connectivity index (χ3v) is 4.83. The monoisotopic (exact) mass is 313 g/mol. The van der Waals surface area contributed by atoms with Crippen LogP contribution in [0.2, 0.25) is 0 Å². The van der Waals surface area contributed by atoms with E-state index >= 15 is 0 Å². The Kier molecular flexibility index (Phi) is 6.38. The van der Waals surface area contributed by atoms with Crippen LogP contribution in [0.3, 0.4) is 0 Å². The fourth-order valence-corrected chi connectivity index (χ4v) is 3.03. The van der Waals surface area contributed by atoms with Gasteiger partial charge in [-0.1, -0.05) is 24.1 Å². The van der Waals surface area contributed by atoms with Crippen LogP contribution in [0.4, 0.5) is 0 Å². The molecule has 0 spiro atoms. The minimum atomic E-state index is -4.27. The summed E-state index contributed by atoms with van der Waals surface area (Å²) in [6.45, 7) is 1.82. The van der Waals surface area contributed by atoms with Crippen molar-refractivity contribution < 1.29 is 17.5 Å². The van der Waals surface area contributed by atoms with Crippen molar-refractivity contribution >= 4 is 10.1 Å². The summed E-state index contributed by atoms with van der Waals surface area (Å²) in [6, 6.07) is 6.72. The number of quaternary nitrogens is 1. The second kappa shape index (κ2) is 7.38. The van der Waals surface area contributed by atoms with Crippen molar-refractivity contribution in [3.8, 4) is 0 Å². The van der Waals surface area contributed by atoms with E-state index in [0.29, 0.717) is 0 Å². The molecule has 1 aliphatic rings. The van der Waals surface area contributed by atoms with Crippen molar-refractivity contribution in [3.63, 3.8) is 0 Å². The number of rotatable bonds is 2. The molecule has 0 radical (unpaired) electrons. The summed E-state index contributed by atoms with van der Waals surface area (Å²) in [4.78, 5) is -0.178. The minimum Gasteiger partial charge on any atom is -0.744 e. The zero-order valence-electron chi connectivity index (χ0n) is 13.5. The van der Waals surface area contributed by atoms with Gasteiger partial charge >= 0.3 is 0 Å². The van der Waals surface area contributed by atoms with Crippen molar-refractivity contribution in [3.05, 3.63) is 29.8 Å². The predicted octanol–water partition coefficient (Wildman–Crippen LogP) is 2.92.